The summed E-state index contributed by atoms with van der Waals surface area (Å²) in [5.41, 5.74) is 1.03. The molecule has 2 amide bonds. The molecule has 3 aromatic rings. The van der Waals surface area contributed by atoms with Gasteiger partial charge in [0.15, 0.2) is 0 Å². The molecular weight excluding hydrogens is 857 g/mol. The number of fused-ring (bicyclic) bond motifs is 1. The Labute approximate surface area is 382 Å². The minimum absolute atomic E-state index is 0.0577. The summed E-state index contributed by atoms with van der Waals surface area (Å²) in [5.74, 6) is 1.58. The van der Waals surface area contributed by atoms with Gasteiger partial charge >= 0.3 is 12.2 Å². The number of hydrogen-bond donors (Lipinski definition) is 2. The van der Waals surface area contributed by atoms with Gasteiger partial charge in [0.25, 0.3) is 5.69 Å². The molecule has 2 N–H and O–H groups in total. The molecule has 6 rings (SSSR count). The quantitative estimate of drug-likeness (QED) is 0.0774. The lowest BCUT2D eigenvalue weighted by Gasteiger charge is -2.40. The van der Waals surface area contributed by atoms with Crippen molar-refractivity contribution in [3.05, 3.63) is 81.5 Å². The predicted octanol–water partition coefficient (Wildman–Crippen LogP) is 7.76. The summed E-state index contributed by atoms with van der Waals surface area (Å²) in [6.07, 6.45) is 5.43. The molecule has 1 saturated carbocycles. The van der Waals surface area contributed by atoms with E-state index in [2.05, 4.69) is 44.2 Å². The van der Waals surface area contributed by atoms with Gasteiger partial charge in [0.05, 0.1) is 52.4 Å². The van der Waals surface area contributed by atoms with Gasteiger partial charge in [-0.15, -0.1) is 0 Å². The molecule has 1 aromatic heterocycles. The number of nitrogens with one attached hydrogen (secondary N) is 2. The number of benzene rings is 2. The highest BCUT2D eigenvalue weighted by Gasteiger charge is 2.34. The molecule has 2 aliphatic heterocycles. The average Bonchev–Trinajstić information content (AvgIpc) is 4.07. The van der Waals surface area contributed by atoms with Crippen LogP contribution in [0.1, 0.15) is 116 Å². The third kappa shape index (κ3) is 14.3. The molecule has 0 bridgehead atoms. The molecule has 18 nitrogen and oxygen atoms in total. The van der Waals surface area contributed by atoms with Crippen molar-refractivity contribution >= 4 is 39.7 Å². The van der Waals surface area contributed by atoms with Crippen LogP contribution in [-0.4, -0.2) is 115 Å². The van der Waals surface area contributed by atoms with E-state index in [1.807, 2.05) is 60.3 Å². The number of nitro benzene ring substituents is 1. The first kappa shape index (κ1) is 49.5. The summed E-state index contributed by atoms with van der Waals surface area (Å²) < 4.78 is 51.4. The highest BCUT2D eigenvalue weighted by molar-refractivity contribution is 7.89. The minimum atomic E-state index is -3.85. The molecule has 19 heteroatoms. The van der Waals surface area contributed by atoms with Crippen molar-refractivity contribution in [3.63, 3.8) is 0 Å². The Morgan fingerprint density at radius 3 is 2.18 bits per heavy atom. The SMILES string of the molecule is C[C@H](Nc1ncc2c(n1)N(CCOC(C)(C)CCOC(C)(C)CCNS(=O)(=O)c1ccc([N+](=O)[O-])cc1)C(=O)OC2)c1ccc([C@H](CC2CC2)N2CCN(C(=O)OC(C)(C)C)CC2)cc1. The van der Waals surface area contributed by atoms with Crippen molar-refractivity contribution in [3.8, 4) is 0 Å². The number of non-ortho nitro benzene ring substituents is 1. The number of amides is 2. The minimum Gasteiger partial charge on any atom is -0.444 e. The Hall–Kier alpha value is -4.95. The van der Waals surface area contributed by atoms with Gasteiger partial charge in [-0.2, -0.15) is 4.98 Å². The Morgan fingerprint density at radius 2 is 1.55 bits per heavy atom. The molecule has 0 radical (unpaired) electrons. The zero-order chi connectivity index (χ0) is 47.2. The normalized spacial score (nSPS) is 17.3. The maximum absolute atomic E-state index is 13.0. The summed E-state index contributed by atoms with van der Waals surface area (Å²) in [6.45, 7) is 19.1. The van der Waals surface area contributed by atoms with Crippen molar-refractivity contribution in [1.82, 2.24) is 24.5 Å². The summed E-state index contributed by atoms with van der Waals surface area (Å²) in [7, 11) is -3.85. The second kappa shape index (κ2) is 20.7. The zero-order valence-electron chi connectivity index (χ0n) is 39.0. The van der Waals surface area contributed by atoms with Crippen LogP contribution in [0.3, 0.4) is 0 Å². The molecule has 3 heterocycles. The zero-order valence-corrected chi connectivity index (χ0v) is 39.8. The third-order valence-electron chi connectivity index (χ3n) is 11.9. The predicted molar refractivity (Wildman–Crippen MR) is 245 cm³/mol. The van der Waals surface area contributed by atoms with Crippen LogP contribution < -0.4 is 14.9 Å². The first-order chi connectivity index (χ1) is 30.6. The number of cyclic esters (lactones) is 1. The molecule has 356 valence electrons. The number of ether oxygens (including phenoxy) is 4. The molecule has 3 aliphatic rings. The number of rotatable bonds is 21. The Kier molecular flexibility index (Phi) is 15.8. The number of anilines is 2. The van der Waals surface area contributed by atoms with E-state index in [9.17, 15) is 28.1 Å². The highest BCUT2D eigenvalue weighted by Crippen LogP contribution is 2.41. The number of piperazine rings is 1. The van der Waals surface area contributed by atoms with E-state index in [1.165, 1.54) is 35.4 Å². The van der Waals surface area contributed by atoms with Crippen LogP contribution in [0.5, 0.6) is 0 Å². The lowest BCUT2D eigenvalue weighted by Crippen LogP contribution is -2.50. The largest absolute Gasteiger partial charge is 0.444 e. The molecule has 2 aromatic carbocycles. The maximum atomic E-state index is 13.0. The molecule has 2 fully saturated rings. The van der Waals surface area contributed by atoms with Gasteiger partial charge in [-0.1, -0.05) is 37.1 Å². The Bertz CT molecular complexity index is 2220. The number of aromatic nitrogens is 2. The molecular formula is C46H66N8O10S. The second-order valence-electron chi connectivity index (χ2n) is 19.3. The van der Waals surface area contributed by atoms with E-state index in [-0.39, 0.29) is 55.1 Å². The number of nitro groups is 1. The fraction of sp³-hybridized carbons (Fsp3) is 0.609. The summed E-state index contributed by atoms with van der Waals surface area (Å²) in [5, 5.41) is 14.3. The van der Waals surface area contributed by atoms with Crippen LogP contribution in [-0.2, 0) is 35.6 Å². The third-order valence-corrected chi connectivity index (χ3v) is 13.4. The molecule has 0 spiro atoms. The van der Waals surface area contributed by atoms with Gasteiger partial charge in [-0.05, 0) is 104 Å². The van der Waals surface area contributed by atoms with Gasteiger partial charge in [-0.25, -0.2) is 27.7 Å². The maximum Gasteiger partial charge on any atom is 0.415 e. The van der Waals surface area contributed by atoms with Crippen molar-refractivity contribution < 1.29 is 41.9 Å². The van der Waals surface area contributed by atoms with E-state index in [0.29, 0.717) is 49.9 Å². The lowest BCUT2D eigenvalue weighted by molar-refractivity contribution is -0.384. The van der Waals surface area contributed by atoms with Crippen molar-refractivity contribution in [2.24, 2.45) is 5.92 Å². The van der Waals surface area contributed by atoms with Crippen molar-refractivity contribution in [2.45, 2.75) is 128 Å². The van der Waals surface area contributed by atoms with E-state index >= 15 is 0 Å². The molecule has 1 aliphatic carbocycles. The van der Waals surface area contributed by atoms with E-state index in [1.54, 1.807) is 6.20 Å². The summed E-state index contributed by atoms with van der Waals surface area (Å²) in [6, 6.07) is 13.6. The van der Waals surface area contributed by atoms with Crippen LogP contribution in [0.2, 0.25) is 0 Å². The van der Waals surface area contributed by atoms with Crippen LogP contribution in [0.15, 0.2) is 59.6 Å². The summed E-state index contributed by atoms with van der Waals surface area (Å²) >= 11 is 0. The topological polar surface area (TPSA) is 208 Å². The van der Waals surface area contributed by atoms with E-state index in [0.717, 1.165) is 43.1 Å². The van der Waals surface area contributed by atoms with Crippen LogP contribution in [0.25, 0.3) is 0 Å². The standard InChI is InChI=1S/C46H66N8O10S/c1-32(34-11-13-35(14-12-34)39(29-33-9-10-33)51-22-24-52(25-23-51)42(55)64-44(2,3)4)49-41-47-30-36-31-61-43(56)53(40(36)50-41)26-28-63-46(7,8)20-27-62-45(5,6)19-21-48-65(59,60)38-17-15-37(16-18-38)54(57)58/h11-18,30,32-33,39,48H,9-10,19-29,31H2,1-8H3,(H,47,49,50)/t32-,39-/m0/s1. The average molecular weight is 923 g/mol. The van der Waals surface area contributed by atoms with E-state index in [4.69, 9.17) is 23.9 Å². The molecule has 0 unspecified atom stereocenters. The summed E-state index contributed by atoms with van der Waals surface area (Å²) in [4.78, 5) is 51.1. The Morgan fingerprint density at radius 1 is 0.923 bits per heavy atom. The van der Waals surface area contributed by atoms with E-state index < -0.39 is 37.8 Å². The Balaban J connectivity index is 0.971. The van der Waals surface area contributed by atoms with Crippen LogP contribution in [0, 0.1) is 16.0 Å². The smallest absolute Gasteiger partial charge is 0.415 e. The highest BCUT2D eigenvalue weighted by atomic mass is 32.2. The number of hydrogen-bond acceptors (Lipinski definition) is 14. The van der Waals surface area contributed by atoms with Gasteiger partial charge in [0.1, 0.15) is 18.0 Å². The number of sulfonamides is 1. The number of carbonyl (C=O) groups excluding carboxylic acids is 2. The van der Waals surface area contributed by atoms with Crippen molar-refractivity contribution in [1.29, 1.82) is 0 Å². The first-order valence-electron chi connectivity index (χ1n) is 22.5. The van der Waals surface area contributed by atoms with Crippen molar-refractivity contribution in [2.75, 3.05) is 62.7 Å². The lowest BCUT2D eigenvalue weighted by atomic mass is 9.96. The van der Waals surface area contributed by atoms with Gasteiger partial charge in [-0.3, -0.25) is 19.9 Å². The first-order valence-corrected chi connectivity index (χ1v) is 24.0. The molecule has 2 atom stereocenters. The van der Waals surface area contributed by atoms with Crippen LogP contribution in [0.4, 0.5) is 27.0 Å². The second-order valence-corrected chi connectivity index (χ2v) is 21.1. The molecule has 65 heavy (non-hydrogen) atoms. The number of carbonyl (C=O) groups is 2. The fourth-order valence-corrected chi connectivity index (χ4v) is 8.77. The van der Waals surface area contributed by atoms with Gasteiger partial charge in [0, 0.05) is 57.1 Å². The van der Waals surface area contributed by atoms with Gasteiger partial charge < -0.3 is 29.2 Å². The number of nitrogens with zero attached hydrogens (tertiary/aromatic N) is 6. The van der Waals surface area contributed by atoms with Gasteiger partial charge in [0.2, 0.25) is 16.0 Å². The van der Waals surface area contributed by atoms with Crippen LogP contribution >= 0.6 is 0 Å². The molecule has 1 saturated heterocycles. The monoisotopic (exact) mass is 922 g/mol. The fourth-order valence-electron chi connectivity index (χ4n) is 7.74.